The molecule has 1 unspecified atom stereocenters. The van der Waals surface area contributed by atoms with Crippen LogP contribution in [0.2, 0.25) is 0 Å². The summed E-state index contributed by atoms with van der Waals surface area (Å²) in [5, 5.41) is 3.60. The Morgan fingerprint density at radius 1 is 1.25 bits per heavy atom. The van der Waals surface area contributed by atoms with Gasteiger partial charge in [-0.25, -0.2) is 0 Å². The van der Waals surface area contributed by atoms with Gasteiger partial charge in [0.15, 0.2) is 0 Å². The summed E-state index contributed by atoms with van der Waals surface area (Å²) in [6, 6.07) is 9.10. The van der Waals surface area contributed by atoms with E-state index in [4.69, 9.17) is 0 Å². The summed E-state index contributed by atoms with van der Waals surface area (Å²) in [6.07, 6.45) is 7.36. The Bertz CT molecular complexity index is 299. The van der Waals surface area contributed by atoms with Gasteiger partial charge >= 0.3 is 0 Å². The molecular formula is C14H23NS. The van der Waals surface area contributed by atoms with Gasteiger partial charge in [-0.1, -0.05) is 38.3 Å². The SMILES string of the molecule is CCCCCC(C)Nc1ccccc1SC. The van der Waals surface area contributed by atoms with Gasteiger partial charge in [-0.05, 0) is 31.7 Å². The third-order valence-electron chi connectivity index (χ3n) is 2.75. The van der Waals surface area contributed by atoms with Gasteiger partial charge in [-0.15, -0.1) is 11.8 Å². The molecule has 0 amide bonds. The van der Waals surface area contributed by atoms with Gasteiger partial charge < -0.3 is 5.32 Å². The van der Waals surface area contributed by atoms with Crippen molar-refractivity contribution >= 4 is 17.4 Å². The van der Waals surface area contributed by atoms with Crippen molar-refractivity contribution in [2.75, 3.05) is 11.6 Å². The Labute approximate surface area is 104 Å². The molecule has 0 bridgehead atoms. The minimum absolute atomic E-state index is 0.569. The third kappa shape index (κ3) is 4.48. The van der Waals surface area contributed by atoms with E-state index < -0.39 is 0 Å². The maximum Gasteiger partial charge on any atom is 0.0480 e. The van der Waals surface area contributed by atoms with Gasteiger partial charge in [-0.3, -0.25) is 0 Å². The zero-order valence-corrected chi connectivity index (χ0v) is 11.4. The molecule has 90 valence electrons. The van der Waals surface area contributed by atoms with E-state index in [9.17, 15) is 0 Å². The fraction of sp³-hybridized carbons (Fsp3) is 0.571. The van der Waals surface area contributed by atoms with E-state index in [1.54, 1.807) is 11.8 Å². The minimum Gasteiger partial charge on any atom is -0.382 e. The molecule has 1 N–H and O–H groups in total. The van der Waals surface area contributed by atoms with Crippen molar-refractivity contribution in [3.63, 3.8) is 0 Å². The summed E-state index contributed by atoms with van der Waals surface area (Å²) in [6.45, 7) is 4.52. The maximum absolute atomic E-state index is 3.60. The van der Waals surface area contributed by atoms with Gasteiger partial charge in [0.05, 0.1) is 0 Å². The van der Waals surface area contributed by atoms with Crippen molar-refractivity contribution in [1.82, 2.24) is 0 Å². The summed E-state index contributed by atoms with van der Waals surface area (Å²) in [7, 11) is 0. The summed E-state index contributed by atoms with van der Waals surface area (Å²) in [5.74, 6) is 0. The molecule has 0 radical (unpaired) electrons. The Morgan fingerprint density at radius 3 is 2.69 bits per heavy atom. The normalized spacial score (nSPS) is 12.4. The van der Waals surface area contributed by atoms with Gasteiger partial charge in [0.2, 0.25) is 0 Å². The molecule has 0 aliphatic rings. The van der Waals surface area contributed by atoms with Crippen LogP contribution in [0.1, 0.15) is 39.5 Å². The van der Waals surface area contributed by atoms with Crippen molar-refractivity contribution in [2.24, 2.45) is 0 Å². The second kappa shape index (κ2) is 7.61. The fourth-order valence-corrected chi connectivity index (χ4v) is 2.36. The van der Waals surface area contributed by atoms with Crippen molar-refractivity contribution in [2.45, 2.75) is 50.5 Å². The first-order valence-corrected chi connectivity index (χ1v) is 7.40. The highest BCUT2D eigenvalue weighted by molar-refractivity contribution is 7.98. The highest BCUT2D eigenvalue weighted by Gasteiger charge is 2.04. The first-order chi connectivity index (χ1) is 7.77. The Hall–Kier alpha value is -0.630. The largest absolute Gasteiger partial charge is 0.382 e. The van der Waals surface area contributed by atoms with Crippen molar-refractivity contribution in [3.8, 4) is 0 Å². The molecule has 0 aliphatic heterocycles. The molecule has 1 aromatic rings. The van der Waals surface area contributed by atoms with Crippen LogP contribution in [-0.4, -0.2) is 12.3 Å². The molecule has 0 fully saturated rings. The second-order valence-electron chi connectivity index (χ2n) is 4.24. The van der Waals surface area contributed by atoms with Crippen LogP contribution in [0.25, 0.3) is 0 Å². The van der Waals surface area contributed by atoms with Crippen LogP contribution in [-0.2, 0) is 0 Å². The van der Waals surface area contributed by atoms with Gasteiger partial charge in [0, 0.05) is 16.6 Å². The lowest BCUT2D eigenvalue weighted by Gasteiger charge is -2.17. The number of nitrogens with one attached hydrogen (secondary N) is 1. The monoisotopic (exact) mass is 237 g/mol. The summed E-state index contributed by atoms with van der Waals surface area (Å²) < 4.78 is 0. The van der Waals surface area contributed by atoms with Crippen LogP contribution < -0.4 is 5.32 Å². The molecule has 0 saturated carbocycles. The summed E-state index contributed by atoms with van der Waals surface area (Å²) >= 11 is 1.80. The lowest BCUT2D eigenvalue weighted by molar-refractivity contribution is 0.614. The van der Waals surface area contributed by atoms with E-state index in [0.717, 1.165) is 0 Å². The quantitative estimate of drug-likeness (QED) is 0.540. The molecule has 2 heteroatoms. The molecule has 0 saturated heterocycles. The molecule has 16 heavy (non-hydrogen) atoms. The van der Waals surface area contributed by atoms with Crippen LogP contribution in [0.5, 0.6) is 0 Å². The number of anilines is 1. The van der Waals surface area contributed by atoms with E-state index in [2.05, 4.69) is 49.7 Å². The Balaban J connectivity index is 2.45. The first kappa shape index (κ1) is 13.4. The van der Waals surface area contributed by atoms with Crippen LogP contribution in [0, 0.1) is 0 Å². The molecule has 0 aliphatic carbocycles. The van der Waals surface area contributed by atoms with Gasteiger partial charge in [0.1, 0.15) is 0 Å². The topological polar surface area (TPSA) is 12.0 Å². The fourth-order valence-electron chi connectivity index (χ4n) is 1.80. The predicted octanol–water partition coefficient (Wildman–Crippen LogP) is 4.79. The average molecular weight is 237 g/mol. The minimum atomic E-state index is 0.569. The number of hydrogen-bond acceptors (Lipinski definition) is 2. The van der Waals surface area contributed by atoms with Crippen molar-refractivity contribution in [3.05, 3.63) is 24.3 Å². The standard InChI is InChI=1S/C14H23NS/c1-4-5-6-9-12(2)15-13-10-7-8-11-14(13)16-3/h7-8,10-12,15H,4-6,9H2,1-3H3. The molecule has 1 nitrogen and oxygen atoms in total. The highest BCUT2D eigenvalue weighted by atomic mass is 32.2. The van der Waals surface area contributed by atoms with Gasteiger partial charge in [-0.2, -0.15) is 0 Å². The van der Waals surface area contributed by atoms with E-state index in [1.165, 1.54) is 36.3 Å². The first-order valence-electron chi connectivity index (χ1n) is 6.17. The molecule has 1 atom stereocenters. The van der Waals surface area contributed by atoms with Crippen LogP contribution >= 0.6 is 11.8 Å². The van der Waals surface area contributed by atoms with E-state index in [0.29, 0.717) is 6.04 Å². The van der Waals surface area contributed by atoms with Crippen LogP contribution in [0.4, 0.5) is 5.69 Å². The van der Waals surface area contributed by atoms with Gasteiger partial charge in [0.25, 0.3) is 0 Å². The maximum atomic E-state index is 3.60. The van der Waals surface area contributed by atoms with Crippen molar-refractivity contribution in [1.29, 1.82) is 0 Å². The molecule has 0 spiro atoms. The summed E-state index contributed by atoms with van der Waals surface area (Å²) in [4.78, 5) is 1.34. The second-order valence-corrected chi connectivity index (χ2v) is 5.09. The number of rotatable bonds is 7. The van der Waals surface area contributed by atoms with E-state index in [1.807, 2.05) is 0 Å². The Kier molecular flexibility index (Phi) is 6.39. The average Bonchev–Trinajstić information content (AvgIpc) is 2.30. The zero-order valence-electron chi connectivity index (χ0n) is 10.6. The van der Waals surface area contributed by atoms with E-state index in [-0.39, 0.29) is 0 Å². The summed E-state index contributed by atoms with van der Waals surface area (Å²) in [5.41, 5.74) is 1.28. The third-order valence-corrected chi connectivity index (χ3v) is 3.55. The number of hydrogen-bond donors (Lipinski definition) is 1. The number of benzene rings is 1. The number of unbranched alkanes of at least 4 members (excludes halogenated alkanes) is 2. The molecular weight excluding hydrogens is 214 g/mol. The molecule has 1 aromatic carbocycles. The lowest BCUT2D eigenvalue weighted by atomic mass is 10.1. The number of para-hydroxylation sites is 1. The molecule has 1 rings (SSSR count). The zero-order chi connectivity index (χ0) is 11.8. The number of thioether (sulfide) groups is 1. The smallest absolute Gasteiger partial charge is 0.0480 e. The van der Waals surface area contributed by atoms with Crippen molar-refractivity contribution < 1.29 is 0 Å². The lowest BCUT2D eigenvalue weighted by Crippen LogP contribution is -2.15. The molecule has 0 aromatic heterocycles. The van der Waals surface area contributed by atoms with E-state index >= 15 is 0 Å². The molecule has 0 heterocycles. The Morgan fingerprint density at radius 2 is 2.00 bits per heavy atom. The van der Waals surface area contributed by atoms with Crippen LogP contribution in [0.3, 0.4) is 0 Å². The highest BCUT2D eigenvalue weighted by Crippen LogP contribution is 2.25. The van der Waals surface area contributed by atoms with Crippen LogP contribution in [0.15, 0.2) is 29.2 Å². The predicted molar refractivity (Wildman–Crippen MR) is 75.4 cm³/mol.